The molecule has 0 aromatic carbocycles. The van der Waals surface area contributed by atoms with E-state index in [0.717, 1.165) is 0 Å². The normalized spacial score (nSPS) is 17.5. The van der Waals surface area contributed by atoms with E-state index in [1.807, 2.05) is 0 Å². The summed E-state index contributed by atoms with van der Waals surface area (Å²) in [7, 11) is 0. The van der Waals surface area contributed by atoms with Gasteiger partial charge in [-0.1, -0.05) is 13.8 Å². The SMILES string of the molecule is O.[2H]C([2H])([2H])C(C)C[C@H](NC(=O)OC(C)(C)C)C(=O)O. The van der Waals surface area contributed by atoms with E-state index in [1.54, 1.807) is 20.8 Å². The van der Waals surface area contributed by atoms with Crippen molar-refractivity contribution in [1.29, 1.82) is 0 Å². The van der Waals surface area contributed by atoms with E-state index in [9.17, 15) is 9.59 Å². The molecule has 0 spiro atoms. The van der Waals surface area contributed by atoms with Crippen molar-refractivity contribution in [1.82, 2.24) is 5.32 Å². The van der Waals surface area contributed by atoms with Crippen molar-refractivity contribution in [3.05, 3.63) is 0 Å². The van der Waals surface area contributed by atoms with Crippen molar-refractivity contribution in [3.63, 3.8) is 0 Å². The smallest absolute Gasteiger partial charge is 0.408 e. The molecule has 0 bridgehead atoms. The quantitative estimate of drug-likeness (QED) is 0.783. The molecule has 0 aliphatic carbocycles. The zero-order valence-electron chi connectivity index (χ0n) is 13.5. The number of nitrogens with one attached hydrogen (secondary N) is 1. The number of aliphatic carboxylic acids is 1. The minimum Gasteiger partial charge on any atom is -0.480 e. The first-order chi connectivity index (χ1) is 8.33. The highest BCUT2D eigenvalue weighted by molar-refractivity contribution is 5.79. The lowest BCUT2D eigenvalue weighted by atomic mass is 10.0. The molecular weight excluding hydrogens is 226 g/mol. The second-order valence-corrected chi connectivity index (χ2v) is 4.67. The third-order valence-corrected chi connectivity index (χ3v) is 1.58. The van der Waals surface area contributed by atoms with Crippen LogP contribution >= 0.6 is 0 Å². The van der Waals surface area contributed by atoms with Crippen LogP contribution in [0.1, 0.15) is 45.1 Å². The number of hydrogen-bond acceptors (Lipinski definition) is 3. The molecule has 2 atom stereocenters. The minimum absolute atomic E-state index is 0. The van der Waals surface area contributed by atoms with Gasteiger partial charge in [0, 0.05) is 4.11 Å². The average molecular weight is 252 g/mol. The molecule has 0 aliphatic rings. The minimum atomic E-state index is -2.26. The van der Waals surface area contributed by atoms with Crippen molar-refractivity contribution < 1.29 is 29.0 Å². The maximum Gasteiger partial charge on any atom is 0.408 e. The van der Waals surface area contributed by atoms with E-state index < -0.39 is 36.5 Å². The number of hydrogen-bond donors (Lipinski definition) is 2. The summed E-state index contributed by atoms with van der Waals surface area (Å²) in [6, 6.07) is -1.29. The molecule has 0 radical (unpaired) electrons. The maximum atomic E-state index is 11.5. The number of carbonyl (C=O) groups is 2. The molecule has 0 rings (SSSR count). The molecule has 6 heteroatoms. The van der Waals surface area contributed by atoms with Gasteiger partial charge in [0.05, 0.1) is 0 Å². The van der Waals surface area contributed by atoms with Crippen LogP contribution in [-0.4, -0.2) is 34.3 Å². The molecule has 1 amide bonds. The monoisotopic (exact) mass is 252 g/mol. The first kappa shape index (κ1) is 12.2. The zero-order valence-corrected chi connectivity index (χ0v) is 10.5. The van der Waals surface area contributed by atoms with Gasteiger partial charge in [0.1, 0.15) is 11.6 Å². The van der Waals surface area contributed by atoms with Gasteiger partial charge in [-0.05, 0) is 33.1 Å². The van der Waals surface area contributed by atoms with Crippen LogP contribution in [0.5, 0.6) is 0 Å². The molecule has 0 aromatic rings. The molecule has 0 fully saturated rings. The van der Waals surface area contributed by atoms with E-state index in [2.05, 4.69) is 5.32 Å². The first-order valence-electron chi connectivity index (χ1n) is 6.55. The summed E-state index contributed by atoms with van der Waals surface area (Å²) in [5, 5.41) is 11.1. The van der Waals surface area contributed by atoms with E-state index in [0.29, 0.717) is 0 Å². The van der Waals surface area contributed by atoms with Crippen molar-refractivity contribution in [2.45, 2.75) is 52.6 Å². The Hall–Kier alpha value is -1.30. The summed E-state index contributed by atoms with van der Waals surface area (Å²) in [5.74, 6) is -2.13. The van der Waals surface area contributed by atoms with Gasteiger partial charge in [-0.2, -0.15) is 0 Å². The predicted molar refractivity (Wildman–Crippen MR) is 63.9 cm³/mol. The number of rotatable bonds is 4. The van der Waals surface area contributed by atoms with Crippen molar-refractivity contribution >= 4 is 12.1 Å². The summed E-state index contributed by atoms with van der Waals surface area (Å²) >= 11 is 0. The van der Waals surface area contributed by atoms with Crippen LogP contribution in [0, 0.1) is 5.92 Å². The van der Waals surface area contributed by atoms with Gasteiger partial charge >= 0.3 is 12.1 Å². The second kappa shape index (κ2) is 7.11. The van der Waals surface area contributed by atoms with E-state index in [1.165, 1.54) is 6.92 Å². The fraction of sp³-hybridized carbons (Fsp3) is 0.818. The molecule has 1 unspecified atom stereocenters. The highest BCUT2D eigenvalue weighted by Crippen LogP contribution is 2.09. The lowest BCUT2D eigenvalue weighted by Gasteiger charge is -2.22. The van der Waals surface area contributed by atoms with Crippen LogP contribution in [0.3, 0.4) is 0 Å². The molecule has 6 nitrogen and oxygen atoms in total. The van der Waals surface area contributed by atoms with Crippen molar-refractivity contribution in [3.8, 4) is 0 Å². The Bertz CT molecular complexity index is 338. The molecular formula is C11H23NO5. The highest BCUT2D eigenvalue weighted by atomic mass is 16.6. The number of amides is 1. The van der Waals surface area contributed by atoms with Crippen LogP contribution in [0.25, 0.3) is 0 Å². The fourth-order valence-corrected chi connectivity index (χ4v) is 1.02. The third-order valence-electron chi connectivity index (χ3n) is 1.58. The molecule has 0 aromatic heterocycles. The Morgan fingerprint density at radius 1 is 1.47 bits per heavy atom. The summed E-state index contributed by atoms with van der Waals surface area (Å²) in [6.45, 7) is 4.09. The standard InChI is InChI=1S/C11H21NO4.H2O/c1-7(2)6-8(9(13)14)12-10(15)16-11(3,4)5;/h7-8H,6H2,1-5H3,(H,12,15)(H,13,14);1H2/t8-;/m0./s1/i1D3;/t7?,8-;. The molecule has 0 aliphatic heterocycles. The lowest BCUT2D eigenvalue weighted by molar-refractivity contribution is -0.139. The Morgan fingerprint density at radius 3 is 2.35 bits per heavy atom. The fourth-order valence-electron chi connectivity index (χ4n) is 1.02. The van der Waals surface area contributed by atoms with E-state index in [4.69, 9.17) is 14.0 Å². The van der Waals surface area contributed by atoms with Crippen molar-refractivity contribution in [2.75, 3.05) is 0 Å². The average Bonchev–Trinajstić information content (AvgIpc) is 2.11. The Kier molecular flexibility index (Phi) is 5.09. The summed E-state index contributed by atoms with van der Waals surface area (Å²) in [5.41, 5.74) is -0.747. The molecule has 102 valence electrons. The number of carbonyl (C=O) groups excluding carboxylic acids is 1. The van der Waals surface area contributed by atoms with Gasteiger partial charge in [-0.3, -0.25) is 0 Å². The van der Waals surface area contributed by atoms with Gasteiger partial charge in [-0.15, -0.1) is 0 Å². The highest BCUT2D eigenvalue weighted by Gasteiger charge is 2.24. The number of carboxylic acids is 1. The maximum absolute atomic E-state index is 11.5. The Morgan fingerprint density at radius 2 is 2.00 bits per heavy atom. The third kappa shape index (κ3) is 9.62. The summed E-state index contributed by atoms with van der Waals surface area (Å²) in [4.78, 5) is 22.5. The van der Waals surface area contributed by atoms with Crippen LogP contribution in [0.2, 0.25) is 0 Å². The Balaban J connectivity index is 0. The van der Waals surface area contributed by atoms with Gasteiger partial charge < -0.3 is 20.6 Å². The molecule has 0 saturated heterocycles. The van der Waals surface area contributed by atoms with Gasteiger partial charge in [0.15, 0.2) is 0 Å². The number of carboxylic acid groups (broad SMARTS) is 1. The largest absolute Gasteiger partial charge is 0.480 e. The molecule has 17 heavy (non-hydrogen) atoms. The molecule has 0 saturated carbocycles. The second-order valence-electron chi connectivity index (χ2n) is 4.67. The molecule has 4 N–H and O–H groups in total. The number of alkyl carbamates (subject to hydrolysis) is 1. The zero-order chi connectivity index (χ0) is 15.4. The van der Waals surface area contributed by atoms with Crippen LogP contribution in [0.15, 0.2) is 0 Å². The summed E-state index contributed by atoms with van der Waals surface area (Å²) in [6.07, 6.45) is -1.07. The first-order valence-corrected chi connectivity index (χ1v) is 5.05. The number of ether oxygens (including phenoxy) is 1. The lowest BCUT2D eigenvalue weighted by Crippen LogP contribution is -2.44. The topological polar surface area (TPSA) is 107 Å². The van der Waals surface area contributed by atoms with Crippen molar-refractivity contribution in [2.24, 2.45) is 5.92 Å². The summed E-state index contributed by atoms with van der Waals surface area (Å²) < 4.78 is 26.5. The van der Waals surface area contributed by atoms with Gasteiger partial charge in [-0.25, -0.2) is 9.59 Å². The van der Waals surface area contributed by atoms with E-state index in [-0.39, 0.29) is 11.9 Å². The predicted octanol–water partition coefficient (Wildman–Crippen LogP) is 1.19. The van der Waals surface area contributed by atoms with E-state index >= 15 is 0 Å². The Labute approximate surface area is 106 Å². The van der Waals surface area contributed by atoms with Gasteiger partial charge in [0.25, 0.3) is 0 Å². The molecule has 0 heterocycles. The van der Waals surface area contributed by atoms with Gasteiger partial charge in [0.2, 0.25) is 0 Å². The van der Waals surface area contributed by atoms with Crippen LogP contribution in [-0.2, 0) is 9.53 Å². The van der Waals surface area contributed by atoms with Crippen LogP contribution < -0.4 is 5.32 Å². The van der Waals surface area contributed by atoms with Crippen LogP contribution in [0.4, 0.5) is 4.79 Å².